The van der Waals surface area contributed by atoms with E-state index < -0.39 is 5.41 Å². The van der Waals surface area contributed by atoms with Crippen LogP contribution < -0.4 is 4.74 Å². The summed E-state index contributed by atoms with van der Waals surface area (Å²) >= 11 is 6.54. The molecule has 1 heterocycles. The van der Waals surface area contributed by atoms with Crippen molar-refractivity contribution in [1.82, 2.24) is 10.1 Å². The number of likely N-dealkylation sites (N-methyl/N-ethyl adjacent to an activating group) is 1. The Bertz CT molecular complexity index is 857. The van der Waals surface area contributed by atoms with Crippen molar-refractivity contribution >= 4 is 17.5 Å². The van der Waals surface area contributed by atoms with Gasteiger partial charge in [-0.25, -0.2) is 0 Å². The molecule has 0 spiro atoms. The number of carbonyl (C=O) groups excluding carboxylic acids is 1. The van der Waals surface area contributed by atoms with Crippen molar-refractivity contribution in [1.29, 1.82) is 0 Å². The van der Waals surface area contributed by atoms with Gasteiger partial charge in [0.15, 0.2) is 5.76 Å². The SMILES string of the molecule is COc1ccc(Cl)c2c1CCCC2N(C)C(=O)C1(c2cc(C)no2)CC1. The van der Waals surface area contributed by atoms with Crippen LogP contribution in [-0.4, -0.2) is 30.1 Å². The number of aromatic nitrogens is 1. The van der Waals surface area contributed by atoms with Gasteiger partial charge in [0.2, 0.25) is 5.91 Å². The molecule has 1 saturated carbocycles. The molecule has 0 aliphatic heterocycles. The summed E-state index contributed by atoms with van der Waals surface area (Å²) in [6.45, 7) is 1.88. The zero-order valence-corrected chi connectivity index (χ0v) is 16.1. The zero-order valence-electron chi connectivity index (χ0n) is 15.3. The van der Waals surface area contributed by atoms with E-state index in [1.54, 1.807) is 7.11 Å². The number of hydrogen-bond donors (Lipinski definition) is 0. The number of hydrogen-bond acceptors (Lipinski definition) is 4. The van der Waals surface area contributed by atoms with Crippen molar-refractivity contribution in [2.75, 3.05) is 14.2 Å². The fourth-order valence-electron chi connectivity index (χ4n) is 4.19. The second-order valence-electron chi connectivity index (χ2n) is 7.38. The first-order valence-electron chi connectivity index (χ1n) is 9.04. The third kappa shape index (κ3) is 2.60. The van der Waals surface area contributed by atoms with Crippen molar-refractivity contribution in [2.24, 2.45) is 0 Å². The summed E-state index contributed by atoms with van der Waals surface area (Å²) in [5, 5.41) is 4.67. The quantitative estimate of drug-likeness (QED) is 0.804. The molecule has 1 atom stereocenters. The number of carbonyl (C=O) groups is 1. The summed E-state index contributed by atoms with van der Waals surface area (Å²) in [6.07, 6.45) is 4.42. The van der Waals surface area contributed by atoms with Crippen molar-refractivity contribution < 1.29 is 14.1 Å². The lowest BCUT2D eigenvalue weighted by Crippen LogP contribution is -2.40. The number of amides is 1. The zero-order chi connectivity index (χ0) is 18.5. The molecule has 1 unspecified atom stereocenters. The van der Waals surface area contributed by atoms with Crippen LogP contribution >= 0.6 is 11.6 Å². The van der Waals surface area contributed by atoms with E-state index >= 15 is 0 Å². The maximum absolute atomic E-state index is 13.4. The highest BCUT2D eigenvalue weighted by molar-refractivity contribution is 6.31. The Labute approximate surface area is 158 Å². The molecule has 1 amide bonds. The lowest BCUT2D eigenvalue weighted by atomic mass is 9.85. The Balaban J connectivity index is 1.68. The molecule has 1 aromatic carbocycles. The second kappa shape index (κ2) is 6.31. The Morgan fingerprint density at radius 1 is 1.42 bits per heavy atom. The van der Waals surface area contributed by atoms with Crippen LogP contribution in [0.5, 0.6) is 5.75 Å². The summed E-state index contributed by atoms with van der Waals surface area (Å²) in [6, 6.07) is 5.60. The molecule has 0 radical (unpaired) electrons. The number of rotatable bonds is 4. The monoisotopic (exact) mass is 374 g/mol. The lowest BCUT2D eigenvalue weighted by Gasteiger charge is -2.36. The van der Waals surface area contributed by atoms with Crippen LogP contribution in [-0.2, 0) is 16.6 Å². The van der Waals surface area contributed by atoms with Gasteiger partial charge in [0.05, 0.1) is 18.8 Å². The minimum Gasteiger partial charge on any atom is -0.496 e. The molecule has 138 valence electrons. The molecule has 4 rings (SSSR count). The Morgan fingerprint density at radius 2 is 2.19 bits per heavy atom. The van der Waals surface area contributed by atoms with Crippen LogP contribution in [0.4, 0.5) is 0 Å². The highest BCUT2D eigenvalue weighted by atomic mass is 35.5. The van der Waals surface area contributed by atoms with Crippen LogP contribution in [0.1, 0.15) is 54.3 Å². The number of fused-ring (bicyclic) bond motifs is 1. The molecule has 0 saturated heterocycles. The maximum Gasteiger partial charge on any atom is 0.236 e. The van der Waals surface area contributed by atoms with Gasteiger partial charge in [-0.05, 0) is 51.2 Å². The molecule has 5 nitrogen and oxygen atoms in total. The molecule has 2 aliphatic rings. The van der Waals surface area contributed by atoms with E-state index in [0.29, 0.717) is 10.8 Å². The van der Waals surface area contributed by atoms with Crippen LogP contribution in [0.15, 0.2) is 22.7 Å². The van der Waals surface area contributed by atoms with Gasteiger partial charge in [-0.1, -0.05) is 16.8 Å². The van der Waals surface area contributed by atoms with Crippen molar-refractivity contribution in [3.63, 3.8) is 0 Å². The van der Waals surface area contributed by atoms with Gasteiger partial charge in [0.25, 0.3) is 0 Å². The smallest absolute Gasteiger partial charge is 0.236 e. The predicted molar refractivity (Wildman–Crippen MR) is 98.6 cm³/mol. The Hall–Kier alpha value is -2.01. The van der Waals surface area contributed by atoms with E-state index in [4.69, 9.17) is 20.9 Å². The molecule has 1 fully saturated rings. The summed E-state index contributed by atoms with van der Waals surface area (Å²) < 4.78 is 11.0. The van der Waals surface area contributed by atoms with E-state index in [1.807, 2.05) is 37.1 Å². The van der Waals surface area contributed by atoms with Gasteiger partial charge in [-0.3, -0.25) is 4.79 Å². The molecular formula is C20H23ClN2O3. The van der Waals surface area contributed by atoms with Crippen LogP contribution in [0.25, 0.3) is 0 Å². The van der Waals surface area contributed by atoms with Gasteiger partial charge < -0.3 is 14.2 Å². The Morgan fingerprint density at radius 3 is 2.81 bits per heavy atom. The lowest BCUT2D eigenvalue weighted by molar-refractivity contribution is -0.135. The van der Waals surface area contributed by atoms with Crippen LogP contribution in [0, 0.1) is 6.92 Å². The first-order valence-corrected chi connectivity index (χ1v) is 9.42. The van der Waals surface area contributed by atoms with Crippen molar-refractivity contribution in [3.05, 3.63) is 45.8 Å². The number of ether oxygens (including phenoxy) is 1. The molecule has 26 heavy (non-hydrogen) atoms. The summed E-state index contributed by atoms with van der Waals surface area (Å²) in [5.74, 6) is 1.62. The van der Waals surface area contributed by atoms with Crippen LogP contribution in [0.2, 0.25) is 5.02 Å². The third-order valence-corrected chi connectivity index (χ3v) is 6.09. The molecule has 2 aliphatic carbocycles. The standard InChI is InChI=1S/C20H23ClN2O3/c1-12-11-17(26-22-12)20(9-10-20)19(24)23(2)15-6-4-5-13-16(25-3)8-7-14(21)18(13)15/h7-8,11,15H,4-6,9-10H2,1-3H3. The third-order valence-electron chi connectivity index (χ3n) is 5.77. The maximum atomic E-state index is 13.4. The van der Waals surface area contributed by atoms with E-state index in [1.165, 1.54) is 0 Å². The fourth-order valence-corrected chi connectivity index (χ4v) is 4.49. The van der Waals surface area contributed by atoms with Gasteiger partial charge >= 0.3 is 0 Å². The first kappa shape index (κ1) is 17.4. The number of benzene rings is 1. The topological polar surface area (TPSA) is 55.6 Å². The summed E-state index contributed by atoms with van der Waals surface area (Å²) in [7, 11) is 3.55. The highest BCUT2D eigenvalue weighted by Crippen LogP contribution is 2.52. The van der Waals surface area contributed by atoms with Gasteiger partial charge in [0.1, 0.15) is 11.2 Å². The molecule has 0 N–H and O–H groups in total. The first-order chi connectivity index (χ1) is 12.5. The average molecular weight is 375 g/mol. The Kier molecular flexibility index (Phi) is 4.22. The van der Waals surface area contributed by atoms with Crippen molar-refractivity contribution in [3.8, 4) is 5.75 Å². The molecule has 1 aromatic heterocycles. The fraction of sp³-hybridized carbons (Fsp3) is 0.500. The van der Waals surface area contributed by atoms with E-state index in [2.05, 4.69) is 5.16 Å². The van der Waals surface area contributed by atoms with E-state index in [-0.39, 0.29) is 11.9 Å². The van der Waals surface area contributed by atoms with Gasteiger partial charge in [-0.2, -0.15) is 0 Å². The summed E-state index contributed by atoms with van der Waals surface area (Å²) in [5.41, 5.74) is 2.39. The van der Waals surface area contributed by atoms with Gasteiger partial charge in [-0.15, -0.1) is 0 Å². The predicted octanol–water partition coefficient (Wildman–Crippen LogP) is 4.21. The largest absolute Gasteiger partial charge is 0.496 e. The summed E-state index contributed by atoms with van der Waals surface area (Å²) in [4.78, 5) is 15.2. The minimum atomic E-state index is -0.557. The minimum absolute atomic E-state index is 0.0460. The van der Waals surface area contributed by atoms with Crippen molar-refractivity contribution in [2.45, 2.75) is 50.5 Å². The van der Waals surface area contributed by atoms with Crippen LogP contribution in [0.3, 0.4) is 0 Å². The number of halogens is 1. The molecule has 2 aromatic rings. The molecule has 0 bridgehead atoms. The number of aryl methyl sites for hydroxylation is 1. The van der Waals surface area contributed by atoms with E-state index in [0.717, 1.165) is 54.7 Å². The second-order valence-corrected chi connectivity index (χ2v) is 7.79. The van der Waals surface area contributed by atoms with E-state index in [9.17, 15) is 4.79 Å². The molecular weight excluding hydrogens is 352 g/mol. The average Bonchev–Trinajstić information content (AvgIpc) is 3.35. The highest BCUT2D eigenvalue weighted by Gasteiger charge is 2.56. The number of methoxy groups -OCH3 is 1. The van der Waals surface area contributed by atoms with Gasteiger partial charge in [0, 0.05) is 29.3 Å². The normalized spacial score (nSPS) is 20.4. The number of nitrogens with zero attached hydrogens (tertiary/aromatic N) is 2. The molecule has 6 heteroatoms.